The molecule has 2 atom stereocenters. The van der Waals surface area contributed by atoms with E-state index >= 15 is 0 Å². The summed E-state index contributed by atoms with van der Waals surface area (Å²) in [6, 6.07) is 12.8. The topological polar surface area (TPSA) is 111 Å². The van der Waals surface area contributed by atoms with Gasteiger partial charge in [0.05, 0.1) is 0 Å². The Hall–Kier alpha value is -3.42. The molecule has 0 heterocycles. The lowest BCUT2D eigenvalue weighted by molar-refractivity contribution is -0.128. The van der Waals surface area contributed by atoms with Crippen LogP contribution in [0.2, 0.25) is 0 Å². The molecule has 3 amide bonds. The molecule has 0 radical (unpaired) electrons. The van der Waals surface area contributed by atoms with Gasteiger partial charge in [0.1, 0.15) is 24.5 Å². The number of hydrogen-bond acceptors (Lipinski definition) is 4. The molecule has 0 saturated carbocycles. The Kier molecular flexibility index (Phi) is 8.99. The van der Waals surface area contributed by atoms with Crippen LogP contribution in [-0.4, -0.2) is 30.0 Å². The first-order valence-corrected chi connectivity index (χ1v) is 10.1. The van der Waals surface area contributed by atoms with E-state index < -0.39 is 35.8 Å². The fourth-order valence-electron chi connectivity index (χ4n) is 2.96. The Morgan fingerprint density at radius 2 is 1.58 bits per heavy atom. The van der Waals surface area contributed by atoms with Crippen molar-refractivity contribution in [2.24, 2.45) is 11.7 Å². The van der Waals surface area contributed by atoms with Crippen molar-refractivity contribution in [3.63, 3.8) is 0 Å². The SMILES string of the molecule is CC(C)C[C@H](NC(=O)C(Cc1ccc(F)cc1)NC(=O)OCc1ccccc1)C(N)=O. The number of primary amides is 1. The summed E-state index contributed by atoms with van der Waals surface area (Å²) in [5, 5.41) is 5.13. The minimum Gasteiger partial charge on any atom is -0.445 e. The first kappa shape index (κ1) is 23.9. The highest BCUT2D eigenvalue weighted by molar-refractivity contribution is 5.90. The van der Waals surface area contributed by atoms with Gasteiger partial charge >= 0.3 is 6.09 Å². The molecular weight excluding hydrogens is 401 g/mol. The van der Waals surface area contributed by atoms with E-state index in [1.165, 1.54) is 24.3 Å². The Labute approximate surface area is 181 Å². The predicted octanol–water partition coefficient (Wildman–Crippen LogP) is 2.68. The number of nitrogens with one attached hydrogen (secondary N) is 2. The van der Waals surface area contributed by atoms with E-state index in [1.807, 2.05) is 32.0 Å². The van der Waals surface area contributed by atoms with Crippen molar-refractivity contribution in [2.75, 3.05) is 0 Å². The van der Waals surface area contributed by atoms with Crippen molar-refractivity contribution in [3.05, 3.63) is 71.5 Å². The number of amides is 3. The molecule has 2 aromatic carbocycles. The zero-order valence-electron chi connectivity index (χ0n) is 17.6. The molecule has 0 fully saturated rings. The summed E-state index contributed by atoms with van der Waals surface area (Å²) >= 11 is 0. The molecule has 0 aromatic heterocycles. The largest absolute Gasteiger partial charge is 0.445 e. The van der Waals surface area contributed by atoms with Crippen LogP contribution in [0.4, 0.5) is 9.18 Å². The summed E-state index contributed by atoms with van der Waals surface area (Å²) in [5.74, 6) is -1.53. The zero-order valence-corrected chi connectivity index (χ0v) is 17.6. The molecule has 2 rings (SSSR count). The summed E-state index contributed by atoms with van der Waals surface area (Å²) < 4.78 is 18.4. The van der Waals surface area contributed by atoms with Gasteiger partial charge in [-0.15, -0.1) is 0 Å². The first-order valence-electron chi connectivity index (χ1n) is 10.1. The van der Waals surface area contributed by atoms with Gasteiger partial charge in [0, 0.05) is 6.42 Å². The van der Waals surface area contributed by atoms with Gasteiger partial charge < -0.3 is 21.1 Å². The maximum Gasteiger partial charge on any atom is 0.408 e. The molecule has 0 spiro atoms. The number of hydrogen-bond donors (Lipinski definition) is 3. The first-order chi connectivity index (χ1) is 14.7. The summed E-state index contributed by atoms with van der Waals surface area (Å²) in [6.45, 7) is 3.84. The van der Waals surface area contributed by atoms with E-state index in [9.17, 15) is 18.8 Å². The van der Waals surface area contributed by atoms with Crippen LogP contribution in [0.5, 0.6) is 0 Å². The highest BCUT2D eigenvalue weighted by atomic mass is 19.1. The smallest absolute Gasteiger partial charge is 0.408 e. The van der Waals surface area contributed by atoms with E-state index in [2.05, 4.69) is 10.6 Å². The second kappa shape index (κ2) is 11.7. The second-order valence-electron chi connectivity index (χ2n) is 7.68. The minimum atomic E-state index is -1.04. The number of alkyl carbamates (subject to hydrolysis) is 1. The molecule has 0 aliphatic heterocycles. The van der Waals surface area contributed by atoms with Crippen LogP contribution in [0.3, 0.4) is 0 Å². The molecule has 1 unspecified atom stereocenters. The minimum absolute atomic E-state index is 0.0365. The molecule has 166 valence electrons. The Morgan fingerprint density at radius 3 is 2.16 bits per heavy atom. The van der Waals surface area contributed by atoms with Crippen molar-refractivity contribution in [2.45, 2.75) is 45.4 Å². The van der Waals surface area contributed by atoms with E-state index in [0.29, 0.717) is 12.0 Å². The lowest BCUT2D eigenvalue weighted by Crippen LogP contribution is -2.54. The maximum absolute atomic E-state index is 13.2. The quantitative estimate of drug-likeness (QED) is 0.539. The molecule has 0 aliphatic carbocycles. The molecule has 0 bridgehead atoms. The number of ether oxygens (including phenoxy) is 1. The number of carbonyl (C=O) groups excluding carboxylic acids is 3. The van der Waals surface area contributed by atoms with Crippen molar-refractivity contribution in [1.82, 2.24) is 10.6 Å². The summed E-state index contributed by atoms with van der Waals surface area (Å²) in [4.78, 5) is 36.9. The van der Waals surface area contributed by atoms with Gasteiger partial charge in [0.2, 0.25) is 11.8 Å². The van der Waals surface area contributed by atoms with Gasteiger partial charge in [-0.05, 0) is 35.6 Å². The third-order valence-corrected chi connectivity index (χ3v) is 4.54. The summed E-state index contributed by atoms with van der Waals surface area (Å²) in [5.41, 5.74) is 6.83. The van der Waals surface area contributed by atoms with Crippen LogP contribution in [-0.2, 0) is 27.4 Å². The van der Waals surface area contributed by atoms with Crippen LogP contribution in [0.15, 0.2) is 54.6 Å². The molecular formula is C23H28FN3O4. The molecule has 0 aliphatic rings. The lowest BCUT2D eigenvalue weighted by atomic mass is 10.0. The average Bonchev–Trinajstić information content (AvgIpc) is 2.73. The number of carbonyl (C=O) groups is 3. The third-order valence-electron chi connectivity index (χ3n) is 4.54. The number of halogens is 1. The molecule has 7 nitrogen and oxygen atoms in total. The van der Waals surface area contributed by atoms with E-state index in [-0.39, 0.29) is 18.9 Å². The van der Waals surface area contributed by atoms with Crippen molar-refractivity contribution >= 4 is 17.9 Å². The number of benzene rings is 2. The highest BCUT2D eigenvalue weighted by Gasteiger charge is 2.27. The monoisotopic (exact) mass is 429 g/mol. The molecule has 2 aromatic rings. The predicted molar refractivity (Wildman–Crippen MR) is 114 cm³/mol. The lowest BCUT2D eigenvalue weighted by Gasteiger charge is -2.23. The van der Waals surface area contributed by atoms with Gasteiger partial charge in [-0.25, -0.2) is 9.18 Å². The van der Waals surface area contributed by atoms with Crippen LogP contribution in [0, 0.1) is 11.7 Å². The van der Waals surface area contributed by atoms with E-state index in [0.717, 1.165) is 5.56 Å². The second-order valence-corrected chi connectivity index (χ2v) is 7.68. The normalized spacial score (nSPS) is 12.6. The van der Waals surface area contributed by atoms with Crippen molar-refractivity contribution < 1.29 is 23.5 Å². The molecule has 4 N–H and O–H groups in total. The Morgan fingerprint density at radius 1 is 0.935 bits per heavy atom. The maximum atomic E-state index is 13.2. The van der Waals surface area contributed by atoms with Crippen molar-refractivity contribution in [1.29, 1.82) is 0 Å². The van der Waals surface area contributed by atoms with E-state index in [4.69, 9.17) is 10.5 Å². The van der Waals surface area contributed by atoms with E-state index in [1.54, 1.807) is 12.1 Å². The fraction of sp³-hybridized carbons (Fsp3) is 0.348. The van der Waals surface area contributed by atoms with Gasteiger partial charge in [-0.3, -0.25) is 9.59 Å². The summed E-state index contributed by atoms with van der Waals surface area (Å²) in [7, 11) is 0. The van der Waals surface area contributed by atoms with Gasteiger partial charge in [0.25, 0.3) is 0 Å². The standard InChI is InChI=1S/C23H28FN3O4/c1-15(2)12-19(21(25)28)26-22(29)20(13-16-8-10-18(24)11-9-16)27-23(30)31-14-17-6-4-3-5-7-17/h3-11,15,19-20H,12-14H2,1-2H3,(H2,25,28)(H,26,29)(H,27,30)/t19-,20?/m0/s1. The third kappa shape index (κ3) is 8.46. The van der Waals surface area contributed by atoms with Crippen LogP contribution >= 0.6 is 0 Å². The average molecular weight is 429 g/mol. The van der Waals surface area contributed by atoms with Crippen LogP contribution < -0.4 is 16.4 Å². The summed E-state index contributed by atoms with van der Waals surface area (Å²) in [6.07, 6.45) is -0.340. The van der Waals surface area contributed by atoms with Gasteiger partial charge in [-0.2, -0.15) is 0 Å². The molecule has 8 heteroatoms. The van der Waals surface area contributed by atoms with Crippen LogP contribution in [0.1, 0.15) is 31.4 Å². The van der Waals surface area contributed by atoms with Gasteiger partial charge in [0.15, 0.2) is 0 Å². The molecule has 31 heavy (non-hydrogen) atoms. The fourth-order valence-corrected chi connectivity index (χ4v) is 2.96. The number of rotatable bonds is 10. The zero-order chi connectivity index (χ0) is 22.8. The van der Waals surface area contributed by atoms with Crippen molar-refractivity contribution in [3.8, 4) is 0 Å². The Balaban J connectivity index is 2.08. The highest BCUT2D eigenvalue weighted by Crippen LogP contribution is 2.09. The molecule has 0 saturated heterocycles. The Bertz CT molecular complexity index is 872. The van der Waals surface area contributed by atoms with Crippen LogP contribution in [0.25, 0.3) is 0 Å². The van der Waals surface area contributed by atoms with Gasteiger partial charge in [-0.1, -0.05) is 56.3 Å². The number of nitrogens with two attached hydrogens (primary N) is 1.